The second kappa shape index (κ2) is 7.86. The molecule has 1 heterocycles. The number of methoxy groups -OCH3 is 1. The molecule has 0 aliphatic heterocycles. The lowest BCUT2D eigenvalue weighted by Gasteiger charge is -2.17. The summed E-state index contributed by atoms with van der Waals surface area (Å²) in [5.74, 6) is 0.164. The molecule has 0 unspecified atom stereocenters. The van der Waals surface area contributed by atoms with Gasteiger partial charge in [0.1, 0.15) is 11.3 Å². The van der Waals surface area contributed by atoms with Gasteiger partial charge in [-0.2, -0.15) is 0 Å². The first-order chi connectivity index (χ1) is 13.0. The quantitative estimate of drug-likeness (QED) is 0.721. The third kappa shape index (κ3) is 4.05. The summed E-state index contributed by atoms with van der Waals surface area (Å²) in [5.41, 5.74) is 2.62. The predicted octanol–water partition coefficient (Wildman–Crippen LogP) is 2.17. The van der Waals surface area contributed by atoms with Gasteiger partial charge in [0.2, 0.25) is 5.91 Å². The van der Waals surface area contributed by atoms with Crippen molar-refractivity contribution in [3.63, 3.8) is 0 Å². The van der Waals surface area contributed by atoms with Crippen LogP contribution in [0.1, 0.15) is 17.3 Å². The van der Waals surface area contributed by atoms with E-state index >= 15 is 0 Å². The Balaban J connectivity index is 1.64. The minimum Gasteiger partial charge on any atom is -0.497 e. The highest BCUT2D eigenvalue weighted by molar-refractivity contribution is 6.00. The minimum atomic E-state index is -0.283. The van der Waals surface area contributed by atoms with E-state index in [1.165, 1.54) is 4.90 Å². The molecule has 3 rings (SSSR count). The second-order valence-corrected chi connectivity index (χ2v) is 6.05. The van der Waals surface area contributed by atoms with Crippen molar-refractivity contribution in [1.82, 2.24) is 19.9 Å². The van der Waals surface area contributed by atoms with Gasteiger partial charge in [0.25, 0.3) is 5.91 Å². The topological polar surface area (TPSA) is 89.4 Å². The molecule has 8 nitrogen and oxygen atoms in total. The van der Waals surface area contributed by atoms with Crippen molar-refractivity contribution in [3.05, 3.63) is 48.0 Å². The third-order valence-electron chi connectivity index (χ3n) is 4.16. The predicted molar refractivity (Wildman–Crippen MR) is 102 cm³/mol. The summed E-state index contributed by atoms with van der Waals surface area (Å²) in [6.45, 7) is 2.61. The molecule has 0 saturated carbocycles. The number of anilines is 1. The minimum absolute atomic E-state index is 0.0649. The number of rotatable bonds is 6. The summed E-state index contributed by atoms with van der Waals surface area (Å²) >= 11 is 0. The van der Waals surface area contributed by atoms with Crippen LogP contribution in [0.2, 0.25) is 0 Å². The van der Waals surface area contributed by atoms with Crippen LogP contribution in [0.25, 0.3) is 11.0 Å². The van der Waals surface area contributed by atoms with Crippen LogP contribution in [-0.4, -0.2) is 52.4 Å². The first-order valence-corrected chi connectivity index (χ1v) is 8.54. The lowest BCUT2D eigenvalue weighted by atomic mass is 10.1. The second-order valence-electron chi connectivity index (χ2n) is 6.05. The summed E-state index contributed by atoms with van der Waals surface area (Å²) in [5, 5.41) is 10.9. The molecule has 0 atom stereocenters. The maximum absolute atomic E-state index is 12.6. The maximum Gasteiger partial charge on any atom is 0.254 e. The van der Waals surface area contributed by atoms with Gasteiger partial charge < -0.3 is 15.0 Å². The van der Waals surface area contributed by atoms with E-state index in [0.29, 0.717) is 29.1 Å². The molecule has 0 saturated heterocycles. The molecule has 1 N–H and O–H groups in total. The van der Waals surface area contributed by atoms with Gasteiger partial charge >= 0.3 is 0 Å². The number of hydrogen-bond donors (Lipinski definition) is 1. The number of nitrogens with zero attached hydrogens (tertiary/aromatic N) is 4. The van der Waals surface area contributed by atoms with Crippen LogP contribution in [0.15, 0.2) is 42.5 Å². The number of benzene rings is 2. The van der Waals surface area contributed by atoms with Gasteiger partial charge in [-0.05, 0) is 49.4 Å². The summed E-state index contributed by atoms with van der Waals surface area (Å²) in [6, 6.07) is 12.2. The molecule has 3 aromatic rings. The molecular formula is C19H21N5O3. The van der Waals surface area contributed by atoms with Gasteiger partial charge in [0.15, 0.2) is 0 Å². The maximum atomic E-state index is 12.6. The molecule has 0 aliphatic carbocycles. The van der Waals surface area contributed by atoms with Crippen molar-refractivity contribution >= 4 is 28.5 Å². The molecule has 2 aromatic carbocycles. The first-order valence-electron chi connectivity index (χ1n) is 8.54. The Morgan fingerprint density at radius 2 is 1.93 bits per heavy atom. The molecular weight excluding hydrogens is 346 g/mol. The molecule has 0 spiro atoms. The summed E-state index contributed by atoms with van der Waals surface area (Å²) < 4.78 is 6.84. The smallest absolute Gasteiger partial charge is 0.254 e. The average molecular weight is 367 g/mol. The Morgan fingerprint density at radius 3 is 2.59 bits per heavy atom. The van der Waals surface area contributed by atoms with Crippen molar-refractivity contribution in [3.8, 4) is 5.75 Å². The van der Waals surface area contributed by atoms with Crippen LogP contribution in [0.4, 0.5) is 5.69 Å². The van der Waals surface area contributed by atoms with Crippen molar-refractivity contribution in [1.29, 1.82) is 0 Å². The van der Waals surface area contributed by atoms with Gasteiger partial charge in [-0.3, -0.25) is 9.59 Å². The Bertz CT molecular complexity index is 965. The number of aryl methyl sites for hydroxylation is 1. The summed E-state index contributed by atoms with van der Waals surface area (Å²) in [7, 11) is 3.16. The molecule has 140 valence electrons. The number of carbonyl (C=O) groups excluding carboxylic acids is 2. The van der Waals surface area contributed by atoms with Gasteiger partial charge in [-0.25, -0.2) is 4.68 Å². The molecule has 1 aromatic heterocycles. The number of ether oxygens (including phenoxy) is 1. The number of hydrogen-bond acceptors (Lipinski definition) is 5. The van der Waals surface area contributed by atoms with Crippen LogP contribution < -0.4 is 10.1 Å². The largest absolute Gasteiger partial charge is 0.497 e. The number of likely N-dealkylation sites (N-methyl/N-ethyl adjacent to an activating group) is 1. The SMILES string of the molecule is CCn1nnc2cc(C(=O)N(C)CC(=O)Nc3ccc(OC)cc3)ccc21. The first kappa shape index (κ1) is 18.4. The molecule has 2 amide bonds. The summed E-state index contributed by atoms with van der Waals surface area (Å²) in [6.07, 6.45) is 0. The Hall–Kier alpha value is -3.42. The fourth-order valence-electron chi connectivity index (χ4n) is 2.72. The monoisotopic (exact) mass is 367 g/mol. The third-order valence-corrected chi connectivity index (χ3v) is 4.16. The van der Waals surface area contributed by atoms with Gasteiger partial charge in [-0.15, -0.1) is 5.10 Å². The Morgan fingerprint density at radius 1 is 1.19 bits per heavy atom. The zero-order chi connectivity index (χ0) is 19.4. The normalized spacial score (nSPS) is 10.6. The fourth-order valence-corrected chi connectivity index (χ4v) is 2.72. The van der Waals surface area contributed by atoms with Gasteiger partial charge in [0, 0.05) is 24.8 Å². The van der Waals surface area contributed by atoms with Crippen LogP contribution in [-0.2, 0) is 11.3 Å². The van der Waals surface area contributed by atoms with E-state index < -0.39 is 0 Å². The number of nitrogens with one attached hydrogen (secondary N) is 1. The van der Waals surface area contributed by atoms with Crippen LogP contribution in [0.5, 0.6) is 5.75 Å². The number of aromatic nitrogens is 3. The lowest BCUT2D eigenvalue weighted by Crippen LogP contribution is -2.34. The highest BCUT2D eigenvalue weighted by Gasteiger charge is 2.16. The Kier molecular flexibility index (Phi) is 5.35. The molecule has 27 heavy (non-hydrogen) atoms. The standard InChI is InChI=1S/C19H21N5O3/c1-4-24-17-10-5-13(11-16(17)21-22-24)19(26)23(2)12-18(25)20-14-6-8-15(27-3)9-7-14/h5-11H,4,12H2,1-3H3,(H,20,25). The van der Waals surface area contributed by atoms with E-state index in [1.807, 2.05) is 13.0 Å². The lowest BCUT2D eigenvalue weighted by molar-refractivity contribution is -0.116. The molecule has 0 aliphatic rings. The zero-order valence-corrected chi connectivity index (χ0v) is 15.5. The van der Waals surface area contributed by atoms with E-state index in [0.717, 1.165) is 5.52 Å². The summed E-state index contributed by atoms with van der Waals surface area (Å²) in [4.78, 5) is 26.2. The van der Waals surface area contributed by atoms with E-state index in [-0.39, 0.29) is 18.4 Å². The van der Waals surface area contributed by atoms with Crippen molar-refractivity contribution in [2.75, 3.05) is 26.0 Å². The molecule has 8 heteroatoms. The highest BCUT2D eigenvalue weighted by Crippen LogP contribution is 2.16. The number of amides is 2. The van der Waals surface area contributed by atoms with E-state index in [2.05, 4.69) is 15.6 Å². The van der Waals surface area contributed by atoms with E-state index in [4.69, 9.17) is 4.74 Å². The van der Waals surface area contributed by atoms with Gasteiger partial charge in [0.05, 0.1) is 19.2 Å². The van der Waals surface area contributed by atoms with Crippen molar-refractivity contribution < 1.29 is 14.3 Å². The van der Waals surface area contributed by atoms with Crippen LogP contribution >= 0.6 is 0 Å². The molecule has 0 bridgehead atoms. The van der Waals surface area contributed by atoms with Crippen LogP contribution in [0, 0.1) is 0 Å². The van der Waals surface area contributed by atoms with E-state index in [1.54, 1.807) is 55.2 Å². The number of carbonyl (C=O) groups is 2. The van der Waals surface area contributed by atoms with Crippen molar-refractivity contribution in [2.24, 2.45) is 0 Å². The average Bonchev–Trinajstić information content (AvgIpc) is 3.10. The van der Waals surface area contributed by atoms with Crippen LogP contribution in [0.3, 0.4) is 0 Å². The molecule has 0 radical (unpaired) electrons. The Labute approximate surface area is 156 Å². The molecule has 0 fully saturated rings. The zero-order valence-electron chi connectivity index (χ0n) is 15.5. The fraction of sp³-hybridized carbons (Fsp3) is 0.263. The number of fused-ring (bicyclic) bond motifs is 1. The highest BCUT2D eigenvalue weighted by atomic mass is 16.5. The van der Waals surface area contributed by atoms with Gasteiger partial charge in [-0.1, -0.05) is 5.21 Å². The van der Waals surface area contributed by atoms with E-state index in [9.17, 15) is 9.59 Å². The van der Waals surface area contributed by atoms with Crippen molar-refractivity contribution in [2.45, 2.75) is 13.5 Å².